The molecule has 1 aromatic carbocycles. The van der Waals surface area contributed by atoms with Crippen LogP contribution in [-0.4, -0.2) is 16.7 Å². The van der Waals surface area contributed by atoms with Crippen molar-refractivity contribution in [3.8, 4) is 11.1 Å². The second-order valence-corrected chi connectivity index (χ2v) is 4.71. The lowest BCUT2D eigenvalue weighted by Crippen LogP contribution is -2.28. The van der Waals surface area contributed by atoms with Crippen LogP contribution in [0.15, 0.2) is 24.4 Å². The number of benzene rings is 1. The first-order valence-electron chi connectivity index (χ1n) is 6.13. The first-order chi connectivity index (χ1) is 8.27. The van der Waals surface area contributed by atoms with Crippen LogP contribution >= 0.6 is 0 Å². The Kier molecular flexibility index (Phi) is 2.48. The van der Waals surface area contributed by atoms with Gasteiger partial charge in [-0.25, -0.2) is 0 Å². The van der Waals surface area contributed by atoms with E-state index in [0.717, 1.165) is 18.7 Å². The van der Waals surface area contributed by atoms with Crippen molar-refractivity contribution >= 4 is 0 Å². The molecule has 1 aliphatic heterocycles. The van der Waals surface area contributed by atoms with Crippen molar-refractivity contribution in [1.29, 1.82) is 0 Å². The molecule has 0 aliphatic carbocycles. The van der Waals surface area contributed by atoms with Crippen LogP contribution in [0.1, 0.15) is 29.8 Å². The third-order valence-electron chi connectivity index (χ3n) is 3.59. The molecule has 3 nitrogen and oxygen atoms in total. The Labute approximate surface area is 101 Å². The van der Waals surface area contributed by atoms with Gasteiger partial charge in [0.25, 0.3) is 0 Å². The average Bonchev–Trinajstić information content (AvgIpc) is 2.75. The topological polar surface area (TPSA) is 40.7 Å². The van der Waals surface area contributed by atoms with Gasteiger partial charge in [0.2, 0.25) is 0 Å². The van der Waals surface area contributed by atoms with Gasteiger partial charge in [0.05, 0.1) is 6.20 Å². The number of hydrogen-bond donors (Lipinski definition) is 2. The molecule has 1 aliphatic rings. The third-order valence-corrected chi connectivity index (χ3v) is 3.59. The smallest absolute Gasteiger partial charge is 0.0568 e. The van der Waals surface area contributed by atoms with E-state index in [1.165, 1.54) is 22.3 Å². The number of hydrogen-bond acceptors (Lipinski definition) is 2. The molecule has 0 saturated carbocycles. The summed E-state index contributed by atoms with van der Waals surface area (Å²) in [6, 6.07) is 7.01. The Bertz CT molecular complexity index is 542. The van der Waals surface area contributed by atoms with Crippen LogP contribution in [0.4, 0.5) is 0 Å². The Morgan fingerprint density at radius 2 is 2.18 bits per heavy atom. The fraction of sp³-hybridized carbons (Fsp3) is 0.357. The number of fused-ring (bicyclic) bond motifs is 1. The molecular weight excluding hydrogens is 210 g/mol. The number of aryl methyl sites for hydroxylation is 1. The van der Waals surface area contributed by atoms with Gasteiger partial charge in [-0.15, -0.1) is 0 Å². The van der Waals surface area contributed by atoms with E-state index in [0.29, 0.717) is 6.04 Å². The van der Waals surface area contributed by atoms with Gasteiger partial charge in [0.1, 0.15) is 0 Å². The summed E-state index contributed by atoms with van der Waals surface area (Å²) < 4.78 is 0. The molecule has 0 saturated heterocycles. The molecule has 3 heteroatoms. The fourth-order valence-electron chi connectivity index (χ4n) is 2.72. The summed E-state index contributed by atoms with van der Waals surface area (Å²) in [6.45, 7) is 5.38. The predicted molar refractivity (Wildman–Crippen MR) is 68.9 cm³/mol. The maximum atomic E-state index is 4.13. The van der Waals surface area contributed by atoms with Gasteiger partial charge in [-0.3, -0.25) is 5.10 Å². The van der Waals surface area contributed by atoms with E-state index in [2.05, 4.69) is 47.6 Å². The number of nitrogens with zero attached hydrogens (tertiary/aromatic N) is 1. The Balaban J connectivity index is 2.21. The van der Waals surface area contributed by atoms with Gasteiger partial charge >= 0.3 is 0 Å². The maximum absolute atomic E-state index is 4.13. The fourth-order valence-corrected chi connectivity index (χ4v) is 2.72. The lowest BCUT2D eigenvalue weighted by Gasteiger charge is -2.26. The van der Waals surface area contributed by atoms with Gasteiger partial charge in [-0.2, -0.15) is 5.10 Å². The normalized spacial score (nSPS) is 19.1. The summed E-state index contributed by atoms with van der Waals surface area (Å²) >= 11 is 0. The summed E-state index contributed by atoms with van der Waals surface area (Å²) in [5.74, 6) is 0. The molecule has 2 heterocycles. The highest BCUT2D eigenvalue weighted by molar-refractivity contribution is 5.71. The molecule has 2 N–H and O–H groups in total. The largest absolute Gasteiger partial charge is 0.310 e. The summed E-state index contributed by atoms with van der Waals surface area (Å²) in [4.78, 5) is 0. The minimum absolute atomic E-state index is 0.421. The first-order valence-corrected chi connectivity index (χ1v) is 6.13. The molecule has 2 aromatic rings. The lowest BCUT2D eigenvalue weighted by molar-refractivity contribution is 0.542. The Morgan fingerprint density at radius 1 is 1.29 bits per heavy atom. The second-order valence-electron chi connectivity index (χ2n) is 4.71. The van der Waals surface area contributed by atoms with Gasteiger partial charge in [-0.05, 0) is 43.5 Å². The molecule has 88 valence electrons. The van der Waals surface area contributed by atoms with Crippen LogP contribution in [0.5, 0.6) is 0 Å². The van der Waals surface area contributed by atoms with Gasteiger partial charge in [0.15, 0.2) is 0 Å². The molecule has 17 heavy (non-hydrogen) atoms. The molecular formula is C14H17N3. The van der Waals surface area contributed by atoms with E-state index in [-0.39, 0.29) is 0 Å². The standard InChI is InChI=1S/C14H17N3/c1-9-13(8-16-17-9)12-5-3-4-11-6-7-15-10(2)14(11)12/h3-5,8,10,15H,6-7H2,1-2H3,(H,16,17). The molecule has 0 amide bonds. The zero-order valence-electron chi connectivity index (χ0n) is 10.2. The first kappa shape index (κ1) is 10.5. The molecule has 0 spiro atoms. The number of nitrogens with one attached hydrogen (secondary N) is 2. The highest BCUT2D eigenvalue weighted by Crippen LogP contribution is 2.34. The molecule has 1 atom stereocenters. The van der Waals surface area contributed by atoms with E-state index in [1.54, 1.807) is 0 Å². The van der Waals surface area contributed by atoms with Crippen LogP contribution in [0.25, 0.3) is 11.1 Å². The number of aromatic nitrogens is 2. The third kappa shape index (κ3) is 1.67. The Morgan fingerprint density at radius 3 is 2.94 bits per heavy atom. The van der Waals surface area contributed by atoms with Crippen LogP contribution in [0.2, 0.25) is 0 Å². The molecule has 0 bridgehead atoms. The van der Waals surface area contributed by atoms with E-state index < -0.39 is 0 Å². The quantitative estimate of drug-likeness (QED) is 0.786. The monoisotopic (exact) mass is 227 g/mol. The van der Waals surface area contributed by atoms with Crippen LogP contribution < -0.4 is 5.32 Å². The van der Waals surface area contributed by atoms with Crippen molar-refractivity contribution < 1.29 is 0 Å². The van der Waals surface area contributed by atoms with Crippen LogP contribution in [0, 0.1) is 6.92 Å². The number of rotatable bonds is 1. The number of H-pyrrole nitrogens is 1. The minimum atomic E-state index is 0.421. The molecule has 3 rings (SSSR count). The van der Waals surface area contributed by atoms with Crippen molar-refractivity contribution in [3.63, 3.8) is 0 Å². The Hall–Kier alpha value is -1.61. The van der Waals surface area contributed by atoms with Crippen molar-refractivity contribution in [3.05, 3.63) is 41.2 Å². The van der Waals surface area contributed by atoms with E-state index in [1.807, 2.05) is 6.20 Å². The number of aromatic amines is 1. The zero-order valence-corrected chi connectivity index (χ0v) is 10.2. The van der Waals surface area contributed by atoms with Gasteiger partial charge in [0, 0.05) is 17.3 Å². The summed E-state index contributed by atoms with van der Waals surface area (Å²) in [7, 11) is 0. The summed E-state index contributed by atoms with van der Waals surface area (Å²) in [5, 5.41) is 10.7. The van der Waals surface area contributed by atoms with Gasteiger partial charge < -0.3 is 5.32 Å². The van der Waals surface area contributed by atoms with E-state index in [4.69, 9.17) is 0 Å². The highest BCUT2D eigenvalue weighted by Gasteiger charge is 2.20. The molecule has 1 aromatic heterocycles. The lowest BCUT2D eigenvalue weighted by atomic mass is 9.88. The summed E-state index contributed by atoms with van der Waals surface area (Å²) in [5.41, 5.74) is 6.57. The van der Waals surface area contributed by atoms with Crippen molar-refractivity contribution in [1.82, 2.24) is 15.5 Å². The minimum Gasteiger partial charge on any atom is -0.310 e. The summed E-state index contributed by atoms with van der Waals surface area (Å²) in [6.07, 6.45) is 3.04. The van der Waals surface area contributed by atoms with Crippen LogP contribution in [0.3, 0.4) is 0 Å². The van der Waals surface area contributed by atoms with E-state index in [9.17, 15) is 0 Å². The van der Waals surface area contributed by atoms with Crippen LogP contribution in [-0.2, 0) is 6.42 Å². The molecule has 0 radical (unpaired) electrons. The van der Waals surface area contributed by atoms with E-state index >= 15 is 0 Å². The maximum Gasteiger partial charge on any atom is 0.0568 e. The average molecular weight is 227 g/mol. The van der Waals surface area contributed by atoms with Crippen molar-refractivity contribution in [2.75, 3.05) is 6.54 Å². The SMILES string of the molecule is Cc1[nH]ncc1-c1cccc2c1C(C)NCC2. The highest BCUT2D eigenvalue weighted by atomic mass is 15.1. The zero-order chi connectivity index (χ0) is 11.8. The molecule has 1 unspecified atom stereocenters. The second kappa shape index (κ2) is 4.00. The van der Waals surface area contributed by atoms with Crippen molar-refractivity contribution in [2.45, 2.75) is 26.3 Å². The van der Waals surface area contributed by atoms with Gasteiger partial charge in [-0.1, -0.05) is 18.2 Å². The molecule has 0 fully saturated rings. The predicted octanol–water partition coefficient (Wildman–Crippen LogP) is 2.59. The van der Waals surface area contributed by atoms with Crippen molar-refractivity contribution in [2.24, 2.45) is 0 Å².